The number of unbranched alkanes of at least 4 members (excludes halogenated alkanes) is 1. The van der Waals surface area contributed by atoms with E-state index in [0.717, 1.165) is 37.0 Å². The van der Waals surface area contributed by atoms with Crippen LogP contribution < -0.4 is 5.32 Å². The van der Waals surface area contributed by atoms with E-state index in [2.05, 4.69) is 5.32 Å². The molecule has 1 saturated carbocycles. The molecule has 0 radical (unpaired) electrons. The Kier molecular flexibility index (Phi) is 6.55. The Balaban J connectivity index is 1.81. The highest BCUT2D eigenvalue weighted by Crippen LogP contribution is 2.34. The molecule has 158 valence electrons. The van der Waals surface area contributed by atoms with Gasteiger partial charge in [-0.1, -0.05) is 38.8 Å². The van der Waals surface area contributed by atoms with E-state index in [1.165, 1.54) is 24.3 Å². The molecule has 6 nitrogen and oxygen atoms in total. The van der Waals surface area contributed by atoms with Gasteiger partial charge in [-0.3, -0.25) is 14.5 Å². The minimum absolute atomic E-state index is 0.201. The summed E-state index contributed by atoms with van der Waals surface area (Å²) in [6.45, 7) is 5.06. The molecule has 1 aromatic carbocycles. The highest BCUT2D eigenvalue weighted by Gasteiger charge is 2.52. The SMILES string of the molecule is CCCC[C@@]1(c2ccc(F)cc2)NC(=O)N(CC(=O)N(CCC)CC2CC2)C1=O. The first-order chi connectivity index (χ1) is 13.9. The van der Waals surface area contributed by atoms with Crippen molar-refractivity contribution in [2.24, 2.45) is 5.92 Å². The summed E-state index contributed by atoms with van der Waals surface area (Å²) in [7, 11) is 0. The van der Waals surface area contributed by atoms with Crippen LogP contribution in [0.3, 0.4) is 0 Å². The van der Waals surface area contributed by atoms with E-state index in [1.54, 1.807) is 4.90 Å². The number of amides is 4. The van der Waals surface area contributed by atoms with Gasteiger partial charge in [0.1, 0.15) is 17.9 Å². The Morgan fingerprint density at radius 2 is 1.90 bits per heavy atom. The molecule has 0 spiro atoms. The van der Waals surface area contributed by atoms with Crippen molar-refractivity contribution < 1.29 is 18.8 Å². The number of urea groups is 1. The Bertz CT molecular complexity index is 763. The molecule has 1 aliphatic carbocycles. The highest BCUT2D eigenvalue weighted by molar-refractivity contribution is 6.09. The topological polar surface area (TPSA) is 69.7 Å². The minimum Gasteiger partial charge on any atom is -0.341 e. The van der Waals surface area contributed by atoms with Crippen molar-refractivity contribution in [2.45, 2.75) is 57.9 Å². The first-order valence-corrected chi connectivity index (χ1v) is 10.6. The molecule has 0 aromatic heterocycles. The number of halogens is 1. The molecule has 1 atom stereocenters. The van der Waals surface area contributed by atoms with Gasteiger partial charge in [-0.15, -0.1) is 0 Å². The van der Waals surface area contributed by atoms with Crippen LogP contribution in [0.2, 0.25) is 0 Å². The molecule has 1 heterocycles. The van der Waals surface area contributed by atoms with E-state index < -0.39 is 23.3 Å². The summed E-state index contributed by atoms with van der Waals surface area (Å²) in [5.74, 6) is -0.499. The molecule has 4 amide bonds. The number of nitrogens with one attached hydrogen (secondary N) is 1. The standard InChI is InChI=1S/C22H30FN3O3/c1-3-5-12-22(17-8-10-18(23)11-9-17)20(28)26(21(29)24-22)15-19(27)25(13-4-2)14-16-6-7-16/h8-11,16H,3-7,12-15H2,1-2H3,(H,24,29)/t22-/m0/s1. The average Bonchev–Trinajstić information content (AvgIpc) is 3.49. The highest BCUT2D eigenvalue weighted by atomic mass is 19.1. The van der Waals surface area contributed by atoms with Gasteiger partial charge in [-0.25, -0.2) is 9.18 Å². The summed E-state index contributed by atoms with van der Waals surface area (Å²) in [5, 5.41) is 2.81. The van der Waals surface area contributed by atoms with Crippen molar-refractivity contribution in [1.29, 1.82) is 0 Å². The summed E-state index contributed by atoms with van der Waals surface area (Å²) in [6, 6.07) is 5.08. The quantitative estimate of drug-likeness (QED) is 0.609. The lowest BCUT2D eigenvalue weighted by molar-refractivity contribution is -0.139. The molecule has 2 aliphatic rings. The van der Waals surface area contributed by atoms with Gasteiger partial charge in [0.15, 0.2) is 0 Å². The van der Waals surface area contributed by atoms with Crippen molar-refractivity contribution in [1.82, 2.24) is 15.1 Å². The van der Waals surface area contributed by atoms with Crippen LogP contribution in [0.5, 0.6) is 0 Å². The second-order valence-electron chi connectivity index (χ2n) is 8.12. The van der Waals surface area contributed by atoms with Gasteiger partial charge in [-0.2, -0.15) is 0 Å². The molecule has 1 aromatic rings. The molecule has 3 rings (SSSR count). The zero-order valence-electron chi connectivity index (χ0n) is 17.2. The van der Waals surface area contributed by atoms with E-state index in [1.807, 2.05) is 13.8 Å². The number of hydrogen-bond donors (Lipinski definition) is 1. The zero-order valence-corrected chi connectivity index (χ0v) is 17.2. The molecular weight excluding hydrogens is 373 g/mol. The predicted molar refractivity (Wildman–Crippen MR) is 107 cm³/mol. The number of rotatable bonds is 10. The number of benzene rings is 1. The lowest BCUT2D eigenvalue weighted by atomic mass is 9.85. The summed E-state index contributed by atoms with van der Waals surface area (Å²) in [6.07, 6.45) is 5.05. The number of carbonyl (C=O) groups is 3. The lowest BCUT2D eigenvalue weighted by Crippen LogP contribution is -2.46. The fourth-order valence-corrected chi connectivity index (χ4v) is 3.89. The van der Waals surface area contributed by atoms with Gasteiger partial charge in [0, 0.05) is 13.1 Å². The van der Waals surface area contributed by atoms with Crippen molar-refractivity contribution in [2.75, 3.05) is 19.6 Å². The van der Waals surface area contributed by atoms with Gasteiger partial charge in [0.2, 0.25) is 5.91 Å². The molecule has 1 aliphatic heterocycles. The molecule has 29 heavy (non-hydrogen) atoms. The van der Waals surface area contributed by atoms with Gasteiger partial charge in [0.25, 0.3) is 5.91 Å². The summed E-state index contributed by atoms with van der Waals surface area (Å²) < 4.78 is 13.4. The molecule has 7 heteroatoms. The van der Waals surface area contributed by atoms with Crippen LogP contribution in [0.25, 0.3) is 0 Å². The van der Waals surface area contributed by atoms with Crippen LogP contribution in [0.4, 0.5) is 9.18 Å². The second kappa shape index (κ2) is 8.93. The van der Waals surface area contributed by atoms with Gasteiger partial charge in [-0.05, 0) is 49.3 Å². The first kappa shape index (κ1) is 21.3. The van der Waals surface area contributed by atoms with Crippen LogP contribution in [0, 0.1) is 11.7 Å². The predicted octanol–water partition coefficient (Wildman–Crippen LogP) is 3.41. The fourth-order valence-electron chi connectivity index (χ4n) is 3.89. The van der Waals surface area contributed by atoms with E-state index >= 15 is 0 Å². The largest absolute Gasteiger partial charge is 0.341 e. The zero-order chi connectivity index (χ0) is 21.0. The maximum atomic E-state index is 13.4. The Morgan fingerprint density at radius 3 is 2.48 bits per heavy atom. The maximum absolute atomic E-state index is 13.4. The third kappa shape index (κ3) is 4.60. The van der Waals surface area contributed by atoms with Crippen LogP contribution in [-0.4, -0.2) is 47.3 Å². The van der Waals surface area contributed by atoms with Crippen LogP contribution in [0.15, 0.2) is 24.3 Å². The van der Waals surface area contributed by atoms with E-state index in [0.29, 0.717) is 31.0 Å². The third-order valence-electron chi connectivity index (χ3n) is 5.73. The number of carbonyl (C=O) groups excluding carboxylic acids is 3. The third-order valence-corrected chi connectivity index (χ3v) is 5.73. The van der Waals surface area contributed by atoms with Crippen molar-refractivity contribution in [3.63, 3.8) is 0 Å². The second-order valence-corrected chi connectivity index (χ2v) is 8.12. The molecule has 1 N–H and O–H groups in total. The monoisotopic (exact) mass is 403 g/mol. The minimum atomic E-state index is -1.24. The Hall–Kier alpha value is -2.44. The van der Waals surface area contributed by atoms with Crippen molar-refractivity contribution in [3.05, 3.63) is 35.6 Å². The van der Waals surface area contributed by atoms with Crippen LogP contribution in [-0.2, 0) is 15.1 Å². The smallest absolute Gasteiger partial charge is 0.325 e. The Morgan fingerprint density at radius 1 is 1.21 bits per heavy atom. The van der Waals surface area contributed by atoms with E-state index in [-0.39, 0.29) is 12.5 Å². The molecule has 2 fully saturated rings. The molecule has 0 bridgehead atoms. The molecule has 0 unspecified atom stereocenters. The average molecular weight is 403 g/mol. The maximum Gasteiger partial charge on any atom is 0.325 e. The molecular formula is C22H30FN3O3. The first-order valence-electron chi connectivity index (χ1n) is 10.6. The van der Waals surface area contributed by atoms with Crippen LogP contribution >= 0.6 is 0 Å². The van der Waals surface area contributed by atoms with Gasteiger partial charge in [0.05, 0.1) is 0 Å². The van der Waals surface area contributed by atoms with Gasteiger partial charge >= 0.3 is 6.03 Å². The molecule has 1 saturated heterocycles. The summed E-state index contributed by atoms with van der Waals surface area (Å²) in [4.78, 5) is 41.7. The van der Waals surface area contributed by atoms with Crippen molar-refractivity contribution in [3.8, 4) is 0 Å². The lowest BCUT2D eigenvalue weighted by Gasteiger charge is -2.28. The summed E-state index contributed by atoms with van der Waals surface area (Å²) >= 11 is 0. The number of nitrogens with zero attached hydrogens (tertiary/aromatic N) is 2. The van der Waals surface area contributed by atoms with E-state index in [9.17, 15) is 18.8 Å². The number of hydrogen-bond acceptors (Lipinski definition) is 3. The number of imide groups is 1. The van der Waals surface area contributed by atoms with Crippen LogP contribution in [0.1, 0.15) is 57.9 Å². The Labute approximate surface area is 171 Å². The van der Waals surface area contributed by atoms with E-state index in [4.69, 9.17) is 0 Å². The fraction of sp³-hybridized carbons (Fsp3) is 0.591. The van der Waals surface area contributed by atoms with Gasteiger partial charge < -0.3 is 10.2 Å². The van der Waals surface area contributed by atoms with Crippen molar-refractivity contribution >= 4 is 17.8 Å². The summed E-state index contributed by atoms with van der Waals surface area (Å²) in [5.41, 5.74) is -0.697. The normalized spacial score (nSPS) is 21.4.